The molecule has 0 fully saturated rings. The first-order valence-electron chi connectivity index (χ1n) is 15.0. The summed E-state index contributed by atoms with van der Waals surface area (Å²) in [4.78, 5) is 29.8. The highest BCUT2D eigenvalue weighted by Crippen LogP contribution is 2.25. The van der Waals surface area contributed by atoms with E-state index < -0.39 is 28.5 Å². The van der Waals surface area contributed by atoms with Crippen LogP contribution in [0.1, 0.15) is 37.5 Å². The molecule has 0 bridgehead atoms. The number of carbonyl (C=O) groups excluding carboxylic acids is 2. The third kappa shape index (κ3) is 8.57. The number of carbonyl (C=O) groups is 2. The van der Waals surface area contributed by atoms with Gasteiger partial charge in [-0.05, 0) is 53.3 Å². The molecular weight excluding hydrogens is 570 g/mol. The molecule has 0 heterocycles. The van der Waals surface area contributed by atoms with E-state index >= 15 is 0 Å². The molecule has 0 unspecified atom stereocenters. The lowest BCUT2D eigenvalue weighted by atomic mass is 10.0. The van der Waals surface area contributed by atoms with E-state index in [4.69, 9.17) is 0 Å². The summed E-state index contributed by atoms with van der Waals surface area (Å²) in [5.74, 6) is -0.544. The number of sulfonamides is 1. The van der Waals surface area contributed by atoms with Crippen LogP contribution in [0.2, 0.25) is 0 Å². The molecule has 230 valence electrons. The predicted molar refractivity (Wildman–Crippen MR) is 176 cm³/mol. The summed E-state index contributed by atoms with van der Waals surface area (Å²) in [6.07, 6.45) is 1.07. The first-order chi connectivity index (χ1) is 21.2. The molecule has 1 N–H and O–H groups in total. The van der Waals surface area contributed by atoms with Gasteiger partial charge >= 0.3 is 0 Å². The van der Waals surface area contributed by atoms with E-state index in [9.17, 15) is 18.0 Å². The topological polar surface area (TPSA) is 86.8 Å². The van der Waals surface area contributed by atoms with Gasteiger partial charge in [-0.25, -0.2) is 8.42 Å². The molecule has 0 aliphatic rings. The first-order valence-corrected chi connectivity index (χ1v) is 16.4. The van der Waals surface area contributed by atoms with Gasteiger partial charge in [0.05, 0.1) is 10.6 Å². The van der Waals surface area contributed by atoms with Gasteiger partial charge in [-0.1, -0.05) is 112 Å². The number of hydrogen-bond donors (Lipinski definition) is 1. The molecule has 1 atom stereocenters. The van der Waals surface area contributed by atoms with Gasteiger partial charge in [0, 0.05) is 19.5 Å². The number of aryl methyl sites for hydroxylation is 1. The van der Waals surface area contributed by atoms with Crippen molar-refractivity contribution in [1.82, 2.24) is 10.2 Å². The Labute approximate surface area is 261 Å². The lowest BCUT2D eigenvalue weighted by Crippen LogP contribution is -2.53. The molecule has 0 spiro atoms. The van der Waals surface area contributed by atoms with E-state index in [0.29, 0.717) is 12.2 Å². The van der Waals surface area contributed by atoms with Crippen LogP contribution in [0.25, 0.3) is 0 Å². The van der Waals surface area contributed by atoms with Crippen molar-refractivity contribution >= 4 is 27.5 Å². The summed E-state index contributed by atoms with van der Waals surface area (Å²) in [5.41, 5.74) is 3.16. The minimum atomic E-state index is -4.12. The summed E-state index contributed by atoms with van der Waals surface area (Å²) in [6, 6.07) is 33.4. The monoisotopic (exact) mass is 611 g/mol. The Hall–Kier alpha value is -4.43. The molecule has 8 heteroatoms. The van der Waals surface area contributed by atoms with Crippen molar-refractivity contribution in [2.45, 2.75) is 51.1 Å². The van der Waals surface area contributed by atoms with Gasteiger partial charge in [-0.15, -0.1) is 0 Å². The fraction of sp³-hybridized carbons (Fsp3) is 0.278. The summed E-state index contributed by atoms with van der Waals surface area (Å²) in [6.45, 7) is 6.16. The minimum Gasteiger partial charge on any atom is -0.354 e. The Morgan fingerprint density at radius 3 is 1.82 bits per heavy atom. The van der Waals surface area contributed by atoms with Crippen molar-refractivity contribution < 1.29 is 18.0 Å². The van der Waals surface area contributed by atoms with E-state index in [1.807, 2.05) is 93.6 Å². The predicted octanol–water partition coefficient (Wildman–Crippen LogP) is 5.86. The highest BCUT2D eigenvalue weighted by Gasteiger charge is 2.34. The van der Waals surface area contributed by atoms with E-state index in [1.54, 1.807) is 30.3 Å². The van der Waals surface area contributed by atoms with E-state index in [2.05, 4.69) is 5.32 Å². The van der Waals surface area contributed by atoms with E-state index in [-0.39, 0.29) is 29.7 Å². The minimum absolute atomic E-state index is 0.0810. The van der Waals surface area contributed by atoms with E-state index in [1.165, 1.54) is 17.0 Å². The molecule has 0 saturated heterocycles. The fourth-order valence-electron chi connectivity index (χ4n) is 4.90. The first kappa shape index (κ1) is 32.5. The van der Waals surface area contributed by atoms with Crippen LogP contribution in [0, 0.1) is 5.92 Å². The third-order valence-electron chi connectivity index (χ3n) is 7.39. The van der Waals surface area contributed by atoms with Crippen molar-refractivity contribution in [3.63, 3.8) is 0 Å². The van der Waals surface area contributed by atoms with Crippen LogP contribution < -0.4 is 9.62 Å². The summed E-state index contributed by atoms with van der Waals surface area (Å²) < 4.78 is 29.3. The molecule has 0 aromatic heterocycles. The molecule has 0 aliphatic heterocycles. The molecule has 44 heavy (non-hydrogen) atoms. The zero-order valence-corrected chi connectivity index (χ0v) is 26.4. The Morgan fingerprint density at radius 1 is 0.727 bits per heavy atom. The Balaban J connectivity index is 1.77. The van der Waals surface area contributed by atoms with Crippen molar-refractivity contribution in [3.8, 4) is 0 Å². The molecule has 4 rings (SSSR count). The highest BCUT2D eigenvalue weighted by atomic mass is 32.2. The maximum absolute atomic E-state index is 14.4. The SMILES string of the molecule is CCc1ccc(N(CC(=O)N(Cc2ccccc2)[C@@H](Cc2ccccc2)C(=O)NCC(C)C)S(=O)(=O)c2ccccc2)cc1. The van der Waals surface area contributed by atoms with Crippen molar-refractivity contribution in [2.24, 2.45) is 5.92 Å². The number of hydrogen-bond acceptors (Lipinski definition) is 4. The smallest absolute Gasteiger partial charge is 0.264 e. The molecule has 0 aliphatic carbocycles. The van der Waals surface area contributed by atoms with Gasteiger partial charge in [0.2, 0.25) is 11.8 Å². The van der Waals surface area contributed by atoms with Crippen molar-refractivity contribution in [2.75, 3.05) is 17.4 Å². The number of amides is 2. The zero-order valence-electron chi connectivity index (χ0n) is 25.6. The normalized spacial score (nSPS) is 12.0. The van der Waals surface area contributed by atoms with Gasteiger partial charge in [0.15, 0.2) is 0 Å². The largest absolute Gasteiger partial charge is 0.354 e. The second kappa shape index (κ2) is 15.3. The second-order valence-electron chi connectivity index (χ2n) is 11.2. The molecule has 0 radical (unpaired) electrons. The molecule has 2 amide bonds. The Bertz CT molecular complexity index is 1590. The highest BCUT2D eigenvalue weighted by molar-refractivity contribution is 7.92. The van der Waals surface area contributed by atoms with Crippen LogP contribution in [0.15, 0.2) is 120 Å². The number of rotatable bonds is 14. The van der Waals surface area contributed by atoms with Crippen LogP contribution in [0.4, 0.5) is 5.69 Å². The maximum atomic E-state index is 14.4. The molecule has 4 aromatic carbocycles. The van der Waals surface area contributed by atoms with Gasteiger partial charge < -0.3 is 10.2 Å². The quantitative estimate of drug-likeness (QED) is 0.194. The molecule has 7 nitrogen and oxygen atoms in total. The summed E-state index contributed by atoms with van der Waals surface area (Å²) >= 11 is 0. The van der Waals surface area contributed by atoms with Crippen LogP contribution in [0.5, 0.6) is 0 Å². The van der Waals surface area contributed by atoms with Gasteiger partial charge in [-0.2, -0.15) is 0 Å². The lowest BCUT2D eigenvalue weighted by Gasteiger charge is -2.34. The average molecular weight is 612 g/mol. The average Bonchev–Trinajstić information content (AvgIpc) is 3.05. The zero-order chi connectivity index (χ0) is 31.5. The number of benzene rings is 4. The summed E-state index contributed by atoms with van der Waals surface area (Å²) in [5, 5.41) is 3.01. The molecule has 0 saturated carbocycles. The standard InChI is InChI=1S/C36H41N3O4S/c1-4-29-20-22-32(23-21-29)39(44(42,43)33-18-12-7-13-19-33)27-35(40)38(26-31-16-10-6-11-17-31)34(36(41)37-25-28(2)3)24-30-14-8-5-9-15-30/h5-23,28,34H,4,24-27H2,1-3H3,(H,37,41)/t34-/m0/s1. The fourth-order valence-corrected chi connectivity index (χ4v) is 6.34. The number of nitrogens with one attached hydrogen (secondary N) is 1. The number of anilines is 1. The number of nitrogens with zero attached hydrogens (tertiary/aromatic N) is 2. The molecular formula is C36H41N3O4S. The third-order valence-corrected chi connectivity index (χ3v) is 9.18. The lowest BCUT2D eigenvalue weighted by molar-refractivity contribution is -0.140. The summed E-state index contributed by atoms with van der Waals surface area (Å²) in [7, 11) is -4.12. The van der Waals surface area contributed by atoms with Gasteiger partial charge in [0.1, 0.15) is 12.6 Å². The van der Waals surface area contributed by atoms with Crippen LogP contribution >= 0.6 is 0 Å². The van der Waals surface area contributed by atoms with Gasteiger partial charge in [0.25, 0.3) is 10.0 Å². The van der Waals surface area contributed by atoms with Crippen LogP contribution in [-0.2, 0) is 39.0 Å². The second-order valence-corrected chi connectivity index (χ2v) is 13.1. The van der Waals surface area contributed by atoms with Crippen LogP contribution in [0.3, 0.4) is 0 Å². The van der Waals surface area contributed by atoms with Crippen LogP contribution in [-0.4, -0.2) is 44.3 Å². The van der Waals surface area contributed by atoms with E-state index in [0.717, 1.165) is 27.4 Å². The Kier molecular flexibility index (Phi) is 11.3. The molecule has 4 aromatic rings. The Morgan fingerprint density at radius 2 is 1.27 bits per heavy atom. The van der Waals surface area contributed by atoms with Crippen molar-refractivity contribution in [1.29, 1.82) is 0 Å². The van der Waals surface area contributed by atoms with Crippen molar-refractivity contribution in [3.05, 3.63) is 132 Å². The van der Waals surface area contributed by atoms with Gasteiger partial charge in [-0.3, -0.25) is 13.9 Å². The maximum Gasteiger partial charge on any atom is 0.264 e.